The summed E-state index contributed by atoms with van der Waals surface area (Å²) < 4.78 is 1.67. The van der Waals surface area contributed by atoms with Crippen LogP contribution in [0.25, 0.3) is 11.3 Å². The van der Waals surface area contributed by atoms with Crippen LogP contribution in [-0.4, -0.2) is 21.5 Å². The van der Waals surface area contributed by atoms with Gasteiger partial charge >= 0.3 is 0 Å². The van der Waals surface area contributed by atoms with Crippen molar-refractivity contribution >= 4 is 0 Å². The summed E-state index contributed by atoms with van der Waals surface area (Å²) in [5.74, 6) is 0.492. The Morgan fingerprint density at radius 1 is 1.32 bits per heavy atom. The fourth-order valence-electron chi connectivity index (χ4n) is 2.01. The van der Waals surface area contributed by atoms with Crippen molar-refractivity contribution in [3.05, 3.63) is 41.6 Å². The highest BCUT2D eigenvalue weighted by Crippen LogP contribution is 2.23. The highest BCUT2D eigenvalue weighted by atomic mass is 16.3. The first-order chi connectivity index (χ1) is 9.15. The fraction of sp³-hybridized carbons (Fsp3) is 0.333. The number of aliphatic hydroxyl groups excluding tert-OH is 1. The third-order valence-corrected chi connectivity index (χ3v) is 3.08. The smallest absolute Gasteiger partial charge is 0.163 e. The van der Waals surface area contributed by atoms with Gasteiger partial charge < -0.3 is 5.11 Å². The van der Waals surface area contributed by atoms with Crippen LogP contribution in [0.2, 0.25) is 0 Å². The van der Waals surface area contributed by atoms with Gasteiger partial charge in [0.05, 0.1) is 18.8 Å². The maximum absolute atomic E-state index is 9.05. The van der Waals surface area contributed by atoms with Gasteiger partial charge in [-0.1, -0.05) is 38.1 Å². The molecule has 0 aliphatic rings. The Bertz CT molecular complexity index is 591. The van der Waals surface area contributed by atoms with E-state index >= 15 is 0 Å². The summed E-state index contributed by atoms with van der Waals surface area (Å²) in [7, 11) is 0. The zero-order valence-corrected chi connectivity index (χ0v) is 11.2. The minimum atomic E-state index is 0.00360. The van der Waals surface area contributed by atoms with Crippen LogP contribution in [-0.2, 0) is 6.54 Å². The zero-order valence-electron chi connectivity index (χ0n) is 11.2. The molecule has 1 aromatic heterocycles. The van der Waals surface area contributed by atoms with E-state index in [9.17, 15) is 0 Å². The van der Waals surface area contributed by atoms with Gasteiger partial charge in [0.2, 0.25) is 0 Å². The molecule has 4 heteroatoms. The molecule has 4 nitrogen and oxygen atoms in total. The Hall–Kier alpha value is -2.12. The van der Waals surface area contributed by atoms with E-state index in [1.54, 1.807) is 10.7 Å². The maximum atomic E-state index is 9.05. The van der Waals surface area contributed by atoms with Crippen LogP contribution in [0.4, 0.5) is 0 Å². The van der Waals surface area contributed by atoms with Gasteiger partial charge in [0, 0.05) is 6.07 Å². The SMILES string of the molecule is CC(C)c1ccc(-c2cc(C#N)nn2CCO)cc1. The Kier molecular flexibility index (Phi) is 3.98. The normalized spacial score (nSPS) is 10.7. The van der Waals surface area contributed by atoms with Crippen LogP contribution < -0.4 is 0 Å². The number of aliphatic hydroxyl groups is 1. The average Bonchev–Trinajstić information content (AvgIpc) is 2.82. The lowest BCUT2D eigenvalue weighted by Crippen LogP contribution is -2.05. The lowest BCUT2D eigenvalue weighted by Gasteiger charge is -2.08. The molecule has 1 heterocycles. The van der Waals surface area contributed by atoms with Crippen molar-refractivity contribution in [2.45, 2.75) is 26.3 Å². The summed E-state index contributed by atoms with van der Waals surface area (Å²) in [6.45, 7) is 4.70. The molecule has 19 heavy (non-hydrogen) atoms. The van der Waals surface area contributed by atoms with Crippen molar-refractivity contribution in [2.75, 3.05) is 6.61 Å². The quantitative estimate of drug-likeness (QED) is 0.913. The topological polar surface area (TPSA) is 61.8 Å². The number of rotatable bonds is 4. The van der Waals surface area contributed by atoms with Gasteiger partial charge in [-0.15, -0.1) is 0 Å². The monoisotopic (exact) mass is 255 g/mol. The maximum Gasteiger partial charge on any atom is 0.163 e. The van der Waals surface area contributed by atoms with Crippen LogP contribution in [0.15, 0.2) is 30.3 Å². The van der Waals surface area contributed by atoms with Crippen molar-refractivity contribution in [3.63, 3.8) is 0 Å². The van der Waals surface area contributed by atoms with E-state index in [1.165, 1.54) is 5.56 Å². The number of hydrogen-bond donors (Lipinski definition) is 1. The molecular formula is C15H17N3O. The first kappa shape index (κ1) is 13.3. The summed E-state index contributed by atoms with van der Waals surface area (Å²) in [6.07, 6.45) is 0. The molecule has 0 spiro atoms. The molecule has 1 N–H and O–H groups in total. The first-order valence-corrected chi connectivity index (χ1v) is 6.35. The number of benzene rings is 1. The van der Waals surface area contributed by atoms with Crippen LogP contribution in [0.5, 0.6) is 0 Å². The predicted octanol–water partition coefficient (Wildman–Crippen LogP) is 2.54. The molecule has 0 aliphatic carbocycles. The molecule has 0 radical (unpaired) electrons. The lowest BCUT2D eigenvalue weighted by atomic mass is 10.0. The second kappa shape index (κ2) is 5.68. The Morgan fingerprint density at radius 2 is 2.00 bits per heavy atom. The molecule has 0 atom stereocenters. The molecule has 0 saturated carbocycles. The second-order valence-corrected chi connectivity index (χ2v) is 4.75. The second-order valence-electron chi connectivity index (χ2n) is 4.75. The van der Waals surface area contributed by atoms with Gasteiger partial charge in [-0.2, -0.15) is 10.4 Å². The molecule has 2 aromatic rings. The van der Waals surface area contributed by atoms with Gasteiger partial charge in [-0.25, -0.2) is 0 Å². The van der Waals surface area contributed by atoms with Crippen LogP contribution in [0.1, 0.15) is 31.0 Å². The number of hydrogen-bond acceptors (Lipinski definition) is 3. The largest absolute Gasteiger partial charge is 0.394 e. The minimum absolute atomic E-state index is 0.00360. The average molecular weight is 255 g/mol. The molecule has 0 bridgehead atoms. The molecule has 2 rings (SSSR count). The Morgan fingerprint density at radius 3 is 2.53 bits per heavy atom. The first-order valence-electron chi connectivity index (χ1n) is 6.35. The minimum Gasteiger partial charge on any atom is -0.394 e. The van der Waals surface area contributed by atoms with E-state index < -0.39 is 0 Å². The van der Waals surface area contributed by atoms with Gasteiger partial charge in [0.15, 0.2) is 5.69 Å². The van der Waals surface area contributed by atoms with Gasteiger partial charge in [0.1, 0.15) is 6.07 Å². The van der Waals surface area contributed by atoms with E-state index in [1.807, 2.05) is 18.2 Å². The summed E-state index contributed by atoms with van der Waals surface area (Å²) in [6, 6.07) is 12.0. The summed E-state index contributed by atoms with van der Waals surface area (Å²) >= 11 is 0. The van der Waals surface area contributed by atoms with Crippen molar-refractivity contribution in [2.24, 2.45) is 0 Å². The van der Waals surface area contributed by atoms with E-state index in [0.29, 0.717) is 18.2 Å². The molecule has 0 unspecified atom stereocenters. The zero-order chi connectivity index (χ0) is 13.8. The molecular weight excluding hydrogens is 238 g/mol. The van der Waals surface area contributed by atoms with Crippen molar-refractivity contribution in [1.29, 1.82) is 5.26 Å². The number of nitrogens with zero attached hydrogens (tertiary/aromatic N) is 3. The van der Waals surface area contributed by atoms with Crippen molar-refractivity contribution in [3.8, 4) is 17.3 Å². The molecule has 1 aromatic carbocycles. The summed E-state index contributed by atoms with van der Waals surface area (Å²) in [5.41, 5.74) is 3.52. The van der Waals surface area contributed by atoms with Gasteiger partial charge in [-0.3, -0.25) is 4.68 Å². The standard InChI is InChI=1S/C15H17N3O/c1-11(2)12-3-5-13(6-4-12)15-9-14(10-16)17-18(15)7-8-19/h3-6,9,11,19H,7-8H2,1-2H3. The molecule has 98 valence electrons. The third kappa shape index (κ3) is 2.83. The van der Waals surface area contributed by atoms with Gasteiger partial charge in [-0.05, 0) is 17.0 Å². The van der Waals surface area contributed by atoms with Crippen molar-refractivity contribution < 1.29 is 5.11 Å². The van der Waals surface area contributed by atoms with E-state index in [0.717, 1.165) is 11.3 Å². The fourth-order valence-corrected chi connectivity index (χ4v) is 2.01. The third-order valence-electron chi connectivity index (χ3n) is 3.08. The number of aromatic nitrogens is 2. The lowest BCUT2D eigenvalue weighted by molar-refractivity contribution is 0.270. The van der Waals surface area contributed by atoms with Gasteiger partial charge in [0.25, 0.3) is 0 Å². The summed E-state index contributed by atoms with van der Waals surface area (Å²) in [5, 5.41) is 22.1. The molecule has 0 amide bonds. The van der Waals surface area contributed by atoms with Crippen LogP contribution in [0.3, 0.4) is 0 Å². The van der Waals surface area contributed by atoms with Crippen LogP contribution >= 0.6 is 0 Å². The Labute approximate surface area is 112 Å². The highest BCUT2D eigenvalue weighted by molar-refractivity contribution is 5.61. The van der Waals surface area contributed by atoms with Crippen LogP contribution in [0, 0.1) is 11.3 Å². The Balaban J connectivity index is 2.40. The predicted molar refractivity (Wildman–Crippen MR) is 73.6 cm³/mol. The number of nitriles is 1. The van der Waals surface area contributed by atoms with Crippen molar-refractivity contribution in [1.82, 2.24) is 9.78 Å². The summed E-state index contributed by atoms with van der Waals surface area (Å²) in [4.78, 5) is 0. The molecule has 0 aliphatic heterocycles. The molecule has 0 fully saturated rings. The van der Waals surface area contributed by atoms with E-state index in [2.05, 4.69) is 31.1 Å². The molecule has 0 saturated heterocycles. The van der Waals surface area contributed by atoms with E-state index in [-0.39, 0.29) is 6.61 Å². The highest BCUT2D eigenvalue weighted by Gasteiger charge is 2.09. The van der Waals surface area contributed by atoms with E-state index in [4.69, 9.17) is 10.4 Å².